The first-order chi connectivity index (χ1) is 10.5. The summed E-state index contributed by atoms with van der Waals surface area (Å²) in [5.41, 5.74) is -0.156. The topological polar surface area (TPSA) is 49.4 Å². The molecule has 0 bridgehead atoms. The lowest BCUT2D eigenvalue weighted by Crippen LogP contribution is -2.32. The van der Waals surface area contributed by atoms with Crippen molar-refractivity contribution in [2.45, 2.75) is 12.8 Å². The molecular weight excluding hydrogens is 290 g/mol. The van der Waals surface area contributed by atoms with Gasteiger partial charge in [0.15, 0.2) is 5.78 Å². The Hall–Kier alpha value is -1.82. The third-order valence-corrected chi connectivity index (χ3v) is 4.54. The first-order valence-corrected chi connectivity index (χ1v) is 7.51. The molecule has 0 spiro atoms. The average molecular weight is 308 g/mol. The van der Waals surface area contributed by atoms with Gasteiger partial charge in [0, 0.05) is 45.1 Å². The molecular formula is C16H18F2N2O2. The van der Waals surface area contributed by atoms with Crippen molar-refractivity contribution in [2.75, 3.05) is 26.2 Å². The highest BCUT2D eigenvalue weighted by Crippen LogP contribution is 2.27. The molecule has 1 aromatic carbocycles. The van der Waals surface area contributed by atoms with E-state index in [4.69, 9.17) is 0 Å². The van der Waals surface area contributed by atoms with Gasteiger partial charge in [-0.15, -0.1) is 0 Å². The van der Waals surface area contributed by atoms with Gasteiger partial charge >= 0.3 is 0 Å². The van der Waals surface area contributed by atoms with Crippen LogP contribution in [0.3, 0.4) is 0 Å². The maximum Gasteiger partial charge on any atom is 0.223 e. The standard InChI is InChI=1S/C16H18F2N2O2/c17-12-1-2-13(14(18)5-12)15(21)3-4-16(22)20-8-10-6-19-7-11(10)9-20/h1-2,5,10-11,19H,3-4,6-9H2/t10-,11+. The second kappa shape index (κ2) is 6.12. The van der Waals surface area contributed by atoms with E-state index in [1.807, 2.05) is 0 Å². The van der Waals surface area contributed by atoms with Gasteiger partial charge in [0.1, 0.15) is 11.6 Å². The summed E-state index contributed by atoms with van der Waals surface area (Å²) in [6, 6.07) is 2.86. The molecule has 1 N–H and O–H groups in total. The molecule has 0 radical (unpaired) electrons. The fraction of sp³-hybridized carbons (Fsp3) is 0.500. The fourth-order valence-corrected chi connectivity index (χ4v) is 3.29. The molecule has 1 aromatic rings. The summed E-state index contributed by atoms with van der Waals surface area (Å²) in [6.45, 7) is 3.34. The molecule has 6 heteroatoms. The van der Waals surface area contributed by atoms with Crippen LogP contribution in [-0.4, -0.2) is 42.8 Å². The van der Waals surface area contributed by atoms with E-state index in [1.54, 1.807) is 4.90 Å². The molecule has 4 nitrogen and oxygen atoms in total. The smallest absolute Gasteiger partial charge is 0.223 e. The van der Waals surface area contributed by atoms with Crippen LogP contribution in [0.25, 0.3) is 0 Å². The second-order valence-corrected chi connectivity index (χ2v) is 6.02. The van der Waals surface area contributed by atoms with Crippen LogP contribution in [0.1, 0.15) is 23.2 Å². The summed E-state index contributed by atoms with van der Waals surface area (Å²) in [7, 11) is 0. The molecule has 0 aromatic heterocycles. The van der Waals surface area contributed by atoms with E-state index < -0.39 is 17.4 Å². The number of hydrogen-bond acceptors (Lipinski definition) is 3. The summed E-state index contributed by atoms with van der Waals surface area (Å²) < 4.78 is 26.3. The lowest BCUT2D eigenvalue weighted by Gasteiger charge is -2.17. The predicted octanol–water partition coefficient (Wildman–Crippen LogP) is 1.61. The highest BCUT2D eigenvalue weighted by molar-refractivity contribution is 5.98. The van der Waals surface area contributed by atoms with Gasteiger partial charge in [-0.1, -0.05) is 0 Å². The zero-order valence-electron chi connectivity index (χ0n) is 12.1. The Morgan fingerprint density at radius 1 is 1.14 bits per heavy atom. The number of rotatable bonds is 4. The van der Waals surface area contributed by atoms with Crippen LogP contribution in [0, 0.1) is 23.5 Å². The lowest BCUT2D eigenvalue weighted by molar-refractivity contribution is -0.130. The molecule has 2 saturated heterocycles. The Kier molecular flexibility index (Phi) is 4.20. The van der Waals surface area contributed by atoms with Gasteiger partial charge in [-0.25, -0.2) is 8.78 Å². The molecule has 22 heavy (non-hydrogen) atoms. The number of amides is 1. The Bertz CT molecular complexity index is 594. The van der Waals surface area contributed by atoms with E-state index in [2.05, 4.69) is 5.32 Å². The van der Waals surface area contributed by atoms with Crippen molar-refractivity contribution in [3.8, 4) is 0 Å². The van der Waals surface area contributed by atoms with Gasteiger partial charge < -0.3 is 10.2 Å². The number of hydrogen-bond donors (Lipinski definition) is 1. The van der Waals surface area contributed by atoms with Crippen LogP contribution in [0.4, 0.5) is 8.78 Å². The number of nitrogens with zero attached hydrogens (tertiary/aromatic N) is 1. The summed E-state index contributed by atoms with van der Waals surface area (Å²) in [5.74, 6) is -1.11. The van der Waals surface area contributed by atoms with Crippen molar-refractivity contribution in [1.82, 2.24) is 10.2 Å². The number of ketones is 1. The number of nitrogens with one attached hydrogen (secondary N) is 1. The maximum atomic E-state index is 13.5. The minimum Gasteiger partial charge on any atom is -0.342 e. The summed E-state index contributed by atoms with van der Waals surface area (Å²) in [5, 5.41) is 3.30. The van der Waals surface area contributed by atoms with Crippen molar-refractivity contribution >= 4 is 11.7 Å². The highest BCUT2D eigenvalue weighted by Gasteiger charge is 2.37. The molecule has 2 atom stereocenters. The Balaban J connectivity index is 1.53. The quantitative estimate of drug-likeness (QED) is 0.860. The van der Waals surface area contributed by atoms with E-state index in [-0.39, 0.29) is 24.3 Å². The zero-order valence-corrected chi connectivity index (χ0v) is 12.1. The van der Waals surface area contributed by atoms with Gasteiger partial charge in [-0.05, 0) is 24.0 Å². The van der Waals surface area contributed by atoms with Crippen LogP contribution in [-0.2, 0) is 4.79 Å². The van der Waals surface area contributed by atoms with Crippen LogP contribution in [0.2, 0.25) is 0 Å². The van der Waals surface area contributed by atoms with Crippen LogP contribution >= 0.6 is 0 Å². The number of likely N-dealkylation sites (tertiary alicyclic amines) is 1. The van der Waals surface area contributed by atoms with Crippen molar-refractivity contribution < 1.29 is 18.4 Å². The first-order valence-electron chi connectivity index (χ1n) is 7.51. The van der Waals surface area contributed by atoms with Gasteiger partial charge in [0.25, 0.3) is 0 Å². The van der Waals surface area contributed by atoms with E-state index in [0.29, 0.717) is 17.9 Å². The Morgan fingerprint density at radius 2 is 1.82 bits per heavy atom. The minimum atomic E-state index is -0.876. The van der Waals surface area contributed by atoms with Crippen molar-refractivity contribution in [2.24, 2.45) is 11.8 Å². The minimum absolute atomic E-state index is 0.0501. The van der Waals surface area contributed by atoms with Gasteiger partial charge in [0.05, 0.1) is 5.56 Å². The molecule has 118 valence electrons. The largest absolute Gasteiger partial charge is 0.342 e. The predicted molar refractivity (Wildman–Crippen MR) is 76.4 cm³/mol. The molecule has 0 aliphatic carbocycles. The number of halogens is 2. The van der Waals surface area contributed by atoms with Crippen molar-refractivity contribution in [3.63, 3.8) is 0 Å². The fourth-order valence-electron chi connectivity index (χ4n) is 3.29. The van der Waals surface area contributed by atoms with Crippen LogP contribution < -0.4 is 5.32 Å². The molecule has 0 saturated carbocycles. The van der Waals surface area contributed by atoms with Crippen LogP contribution in [0.15, 0.2) is 18.2 Å². The van der Waals surface area contributed by atoms with E-state index >= 15 is 0 Å². The second-order valence-electron chi connectivity index (χ2n) is 6.02. The first kappa shape index (κ1) is 15.1. The summed E-state index contributed by atoms with van der Waals surface area (Å²) in [6.07, 6.45) is 0.0218. The number of fused-ring (bicyclic) bond motifs is 1. The molecule has 2 fully saturated rings. The lowest BCUT2D eigenvalue weighted by atomic mass is 10.0. The molecule has 2 aliphatic heterocycles. The Morgan fingerprint density at radius 3 is 2.45 bits per heavy atom. The summed E-state index contributed by atoms with van der Waals surface area (Å²) in [4.78, 5) is 25.9. The van der Waals surface area contributed by atoms with Crippen molar-refractivity contribution in [1.29, 1.82) is 0 Å². The monoisotopic (exact) mass is 308 g/mol. The molecule has 3 rings (SSSR count). The van der Waals surface area contributed by atoms with Gasteiger partial charge in [0.2, 0.25) is 5.91 Å². The molecule has 1 amide bonds. The Labute approximate surface area is 127 Å². The van der Waals surface area contributed by atoms with Gasteiger partial charge in [-0.2, -0.15) is 0 Å². The normalized spacial score (nSPS) is 23.6. The van der Waals surface area contributed by atoms with E-state index in [0.717, 1.165) is 38.3 Å². The molecule has 2 aliphatic rings. The van der Waals surface area contributed by atoms with E-state index in [1.165, 1.54) is 0 Å². The number of benzene rings is 1. The number of Topliss-reactive ketones (excluding diaryl/α,β-unsaturated/α-hetero) is 1. The zero-order chi connectivity index (χ0) is 15.7. The average Bonchev–Trinajstić information content (AvgIpc) is 3.05. The highest BCUT2D eigenvalue weighted by atomic mass is 19.1. The SMILES string of the molecule is O=C(CCC(=O)N1C[C@H]2CNC[C@H]2C1)c1ccc(F)cc1F. The van der Waals surface area contributed by atoms with E-state index in [9.17, 15) is 18.4 Å². The number of carbonyl (C=O) groups is 2. The molecule has 0 unspecified atom stereocenters. The molecule has 2 heterocycles. The third-order valence-electron chi connectivity index (χ3n) is 4.54. The van der Waals surface area contributed by atoms with Gasteiger partial charge in [-0.3, -0.25) is 9.59 Å². The third kappa shape index (κ3) is 3.02. The number of carbonyl (C=O) groups excluding carboxylic acids is 2. The summed E-state index contributed by atoms with van der Waals surface area (Å²) >= 11 is 0. The van der Waals surface area contributed by atoms with Crippen molar-refractivity contribution in [3.05, 3.63) is 35.4 Å². The van der Waals surface area contributed by atoms with Crippen LogP contribution in [0.5, 0.6) is 0 Å². The maximum absolute atomic E-state index is 13.5.